The van der Waals surface area contributed by atoms with Crippen LogP contribution in [-0.2, 0) is 19.4 Å². The van der Waals surface area contributed by atoms with Crippen molar-refractivity contribution in [2.45, 2.75) is 30.2 Å². The molecule has 1 amide bonds. The SMILES string of the molecule is O=C(O)[C@H]1CCCN1C(=O)CCS(=O)(=O)c1ccccc1. The molecular formula is C14H17NO5S. The van der Waals surface area contributed by atoms with E-state index in [1.807, 2.05) is 0 Å². The van der Waals surface area contributed by atoms with E-state index >= 15 is 0 Å². The van der Waals surface area contributed by atoms with Crippen LogP contribution in [0.2, 0.25) is 0 Å². The van der Waals surface area contributed by atoms with Crippen molar-refractivity contribution in [2.24, 2.45) is 0 Å². The van der Waals surface area contributed by atoms with Gasteiger partial charge in [-0.3, -0.25) is 4.79 Å². The number of benzene rings is 1. The number of carbonyl (C=O) groups excluding carboxylic acids is 1. The first-order chi connectivity index (χ1) is 9.92. The van der Waals surface area contributed by atoms with Crippen LogP contribution in [0.25, 0.3) is 0 Å². The molecule has 1 saturated heterocycles. The van der Waals surface area contributed by atoms with Crippen LogP contribution in [0.3, 0.4) is 0 Å². The van der Waals surface area contributed by atoms with E-state index in [4.69, 9.17) is 5.11 Å². The first-order valence-corrected chi connectivity index (χ1v) is 8.37. The lowest BCUT2D eigenvalue weighted by atomic mass is 10.2. The average Bonchev–Trinajstić information content (AvgIpc) is 2.95. The molecule has 0 spiro atoms. The Hall–Kier alpha value is -1.89. The molecule has 1 aromatic carbocycles. The zero-order valence-corrected chi connectivity index (χ0v) is 12.3. The van der Waals surface area contributed by atoms with Crippen LogP contribution < -0.4 is 0 Å². The van der Waals surface area contributed by atoms with Crippen LogP contribution in [0.4, 0.5) is 0 Å². The molecule has 1 aliphatic rings. The second-order valence-corrected chi connectivity index (χ2v) is 7.07. The normalized spacial score (nSPS) is 18.7. The van der Waals surface area contributed by atoms with Gasteiger partial charge >= 0.3 is 5.97 Å². The predicted molar refractivity (Wildman–Crippen MR) is 75.5 cm³/mol. The number of sulfone groups is 1. The van der Waals surface area contributed by atoms with Crippen LogP contribution in [0.1, 0.15) is 19.3 Å². The maximum absolute atomic E-state index is 12.1. The minimum absolute atomic E-state index is 0.175. The number of rotatable bonds is 5. The van der Waals surface area contributed by atoms with Crippen molar-refractivity contribution in [3.05, 3.63) is 30.3 Å². The highest BCUT2D eigenvalue weighted by molar-refractivity contribution is 7.91. The number of amides is 1. The van der Waals surface area contributed by atoms with E-state index in [1.165, 1.54) is 17.0 Å². The van der Waals surface area contributed by atoms with E-state index < -0.39 is 27.8 Å². The summed E-state index contributed by atoms with van der Waals surface area (Å²) in [5.41, 5.74) is 0. The smallest absolute Gasteiger partial charge is 0.326 e. The molecule has 7 heteroatoms. The number of hydrogen-bond donors (Lipinski definition) is 1. The molecular weight excluding hydrogens is 294 g/mol. The quantitative estimate of drug-likeness (QED) is 0.873. The predicted octanol–water partition coefficient (Wildman–Crippen LogP) is 0.926. The van der Waals surface area contributed by atoms with Crippen LogP contribution in [-0.4, -0.2) is 48.6 Å². The molecule has 0 saturated carbocycles. The van der Waals surface area contributed by atoms with Crippen molar-refractivity contribution >= 4 is 21.7 Å². The molecule has 0 radical (unpaired) electrons. The standard InChI is InChI=1S/C14H17NO5S/c16-13(15-9-4-7-12(15)14(17)18)8-10-21(19,20)11-5-2-1-3-6-11/h1-3,5-6,12H,4,7-10H2,(H,17,18)/t12-/m1/s1. The fourth-order valence-electron chi connectivity index (χ4n) is 2.43. The molecule has 0 unspecified atom stereocenters. The minimum atomic E-state index is -3.52. The first kappa shape index (κ1) is 15.5. The Morgan fingerprint density at radius 3 is 2.52 bits per heavy atom. The topological polar surface area (TPSA) is 91.8 Å². The van der Waals surface area contributed by atoms with Gasteiger partial charge in [-0.25, -0.2) is 13.2 Å². The summed E-state index contributed by atoms with van der Waals surface area (Å²) in [5, 5.41) is 9.03. The molecule has 1 aliphatic heterocycles. The Balaban J connectivity index is 2.00. The number of carboxylic acids is 1. The third-order valence-corrected chi connectivity index (χ3v) is 5.28. The summed E-state index contributed by atoms with van der Waals surface area (Å²) in [6, 6.07) is 7.10. The highest BCUT2D eigenvalue weighted by Gasteiger charge is 2.34. The largest absolute Gasteiger partial charge is 0.480 e. The van der Waals surface area contributed by atoms with Gasteiger partial charge in [0.1, 0.15) is 6.04 Å². The number of hydrogen-bond acceptors (Lipinski definition) is 4. The van der Waals surface area contributed by atoms with Gasteiger partial charge in [0.25, 0.3) is 0 Å². The number of nitrogens with zero attached hydrogens (tertiary/aromatic N) is 1. The van der Waals surface area contributed by atoms with Gasteiger partial charge in [-0.05, 0) is 25.0 Å². The van der Waals surface area contributed by atoms with Gasteiger partial charge < -0.3 is 10.0 Å². The molecule has 1 fully saturated rings. The number of carboxylic acid groups (broad SMARTS) is 1. The van der Waals surface area contributed by atoms with E-state index in [-0.39, 0.29) is 17.1 Å². The zero-order valence-electron chi connectivity index (χ0n) is 11.4. The average molecular weight is 311 g/mol. The summed E-state index contributed by atoms with van der Waals surface area (Å²) in [5.74, 6) is -1.76. The van der Waals surface area contributed by atoms with Gasteiger partial charge in [-0.2, -0.15) is 0 Å². The Bertz CT molecular complexity index is 626. The number of likely N-dealkylation sites (tertiary alicyclic amines) is 1. The van der Waals surface area contributed by atoms with Gasteiger partial charge in [-0.1, -0.05) is 18.2 Å². The summed E-state index contributed by atoms with van der Waals surface area (Å²) in [4.78, 5) is 24.5. The van der Waals surface area contributed by atoms with Gasteiger partial charge in [0.15, 0.2) is 9.84 Å². The van der Waals surface area contributed by atoms with Crippen molar-refractivity contribution in [2.75, 3.05) is 12.3 Å². The highest BCUT2D eigenvalue weighted by atomic mass is 32.2. The van der Waals surface area contributed by atoms with Crippen molar-refractivity contribution in [1.82, 2.24) is 4.90 Å². The molecule has 1 N–H and O–H groups in total. The van der Waals surface area contributed by atoms with Crippen molar-refractivity contribution in [3.8, 4) is 0 Å². The lowest BCUT2D eigenvalue weighted by Crippen LogP contribution is -2.40. The van der Waals surface area contributed by atoms with Crippen LogP contribution in [0.5, 0.6) is 0 Å². The molecule has 1 atom stereocenters. The van der Waals surface area contributed by atoms with Crippen LogP contribution in [0.15, 0.2) is 35.2 Å². The summed E-state index contributed by atoms with van der Waals surface area (Å²) in [6.45, 7) is 0.376. The third-order valence-electron chi connectivity index (χ3n) is 3.55. The monoisotopic (exact) mass is 311 g/mol. The molecule has 1 heterocycles. The van der Waals surface area contributed by atoms with Crippen LogP contribution >= 0.6 is 0 Å². The van der Waals surface area contributed by atoms with Gasteiger partial charge in [0, 0.05) is 13.0 Å². The highest BCUT2D eigenvalue weighted by Crippen LogP contribution is 2.19. The fourth-order valence-corrected chi connectivity index (χ4v) is 3.68. The molecule has 6 nitrogen and oxygen atoms in total. The van der Waals surface area contributed by atoms with E-state index in [2.05, 4.69) is 0 Å². The maximum Gasteiger partial charge on any atom is 0.326 e. The molecule has 1 aromatic rings. The summed E-state index contributed by atoms with van der Waals surface area (Å²) < 4.78 is 24.2. The minimum Gasteiger partial charge on any atom is -0.480 e. The van der Waals surface area contributed by atoms with Crippen molar-refractivity contribution in [3.63, 3.8) is 0 Å². The summed E-state index contributed by atoms with van der Waals surface area (Å²) in [6.07, 6.45) is 0.863. The van der Waals surface area contributed by atoms with Gasteiger partial charge in [0.05, 0.1) is 10.6 Å². The third kappa shape index (κ3) is 3.60. The first-order valence-electron chi connectivity index (χ1n) is 6.72. The fraction of sp³-hybridized carbons (Fsp3) is 0.429. The van der Waals surface area contributed by atoms with E-state index in [1.54, 1.807) is 18.2 Å². The van der Waals surface area contributed by atoms with Gasteiger partial charge in [-0.15, -0.1) is 0 Å². The van der Waals surface area contributed by atoms with Crippen molar-refractivity contribution in [1.29, 1.82) is 0 Å². The Labute approximate surface area is 123 Å². The summed E-state index contributed by atoms with van der Waals surface area (Å²) >= 11 is 0. The lowest BCUT2D eigenvalue weighted by Gasteiger charge is -2.21. The molecule has 21 heavy (non-hydrogen) atoms. The number of carbonyl (C=O) groups is 2. The second-order valence-electron chi connectivity index (χ2n) is 4.97. The van der Waals surface area contributed by atoms with Crippen molar-refractivity contribution < 1.29 is 23.1 Å². The molecule has 2 rings (SSSR count). The van der Waals surface area contributed by atoms with E-state index in [0.717, 1.165) is 0 Å². The Morgan fingerprint density at radius 2 is 1.90 bits per heavy atom. The van der Waals surface area contributed by atoms with Gasteiger partial charge in [0.2, 0.25) is 5.91 Å². The second kappa shape index (κ2) is 6.26. The molecule has 0 aromatic heterocycles. The number of aliphatic carboxylic acids is 1. The van der Waals surface area contributed by atoms with E-state index in [0.29, 0.717) is 19.4 Å². The molecule has 114 valence electrons. The lowest BCUT2D eigenvalue weighted by molar-refractivity contribution is -0.148. The maximum atomic E-state index is 12.1. The van der Waals surface area contributed by atoms with Crippen LogP contribution in [0, 0.1) is 0 Å². The molecule has 0 bridgehead atoms. The zero-order chi connectivity index (χ0) is 15.5. The Kier molecular flexibility index (Phi) is 4.62. The summed E-state index contributed by atoms with van der Waals surface area (Å²) in [7, 11) is -3.52. The molecule has 0 aliphatic carbocycles. The van der Waals surface area contributed by atoms with E-state index in [9.17, 15) is 18.0 Å². The Morgan fingerprint density at radius 1 is 1.24 bits per heavy atom.